The number of halogens is 2. The summed E-state index contributed by atoms with van der Waals surface area (Å²) in [5.41, 5.74) is 3.01. The van der Waals surface area contributed by atoms with E-state index in [1.165, 1.54) is 6.42 Å². The predicted molar refractivity (Wildman–Crippen MR) is 137 cm³/mol. The number of unbranched alkanes of at least 4 members (excludes halogenated alkanes) is 1. The Balaban J connectivity index is 3.06. The van der Waals surface area contributed by atoms with Crippen molar-refractivity contribution in [1.82, 2.24) is 4.90 Å². The molecule has 0 amide bonds. The van der Waals surface area contributed by atoms with Crippen molar-refractivity contribution in [3.05, 3.63) is 57.9 Å². The SMILES string of the molecule is C=C(CCCCC(S)CCC)N(C1=C(Cl)CCC=C1Cl)C(C)C(=CC=CC)CCO. The molecule has 0 bridgehead atoms. The van der Waals surface area contributed by atoms with Gasteiger partial charge in [0.2, 0.25) is 0 Å². The first-order valence-electron chi connectivity index (χ1n) is 11.2. The van der Waals surface area contributed by atoms with Crippen LogP contribution in [0.5, 0.6) is 0 Å². The molecule has 2 atom stereocenters. The highest BCUT2D eigenvalue weighted by Crippen LogP contribution is 2.38. The predicted octanol–water partition coefficient (Wildman–Crippen LogP) is 8.10. The Kier molecular flexibility index (Phi) is 13.9. The zero-order valence-corrected chi connectivity index (χ0v) is 21.2. The third-order valence-electron chi connectivity index (χ3n) is 5.45. The van der Waals surface area contributed by atoms with Crippen LogP contribution in [-0.2, 0) is 0 Å². The first-order chi connectivity index (χ1) is 14.4. The molecule has 0 aromatic heterocycles. The molecule has 1 rings (SSSR count). The number of hydrogen-bond donors (Lipinski definition) is 2. The van der Waals surface area contributed by atoms with E-state index in [0.717, 1.165) is 66.9 Å². The molecule has 0 spiro atoms. The van der Waals surface area contributed by atoms with Gasteiger partial charge in [-0.2, -0.15) is 12.6 Å². The van der Waals surface area contributed by atoms with E-state index in [9.17, 15) is 5.11 Å². The van der Waals surface area contributed by atoms with E-state index in [-0.39, 0.29) is 12.6 Å². The van der Waals surface area contributed by atoms with Crippen molar-refractivity contribution in [2.24, 2.45) is 0 Å². The van der Waals surface area contributed by atoms with Gasteiger partial charge >= 0.3 is 0 Å². The lowest BCUT2D eigenvalue weighted by molar-refractivity contribution is 0.283. The van der Waals surface area contributed by atoms with Crippen molar-refractivity contribution in [3.8, 4) is 0 Å². The summed E-state index contributed by atoms with van der Waals surface area (Å²) < 4.78 is 0. The second kappa shape index (κ2) is 15.2. The fraction of sp³-hybridized carbons (Fsp3) is 0.600. The third kappa shape index (κ3) is 8.86. The number of allylic oxidation sites excluding steroid dienone is 7. The van der Waals surface area contributed by atoms with Gasteiger partial charge < -0.3 is 10.0 Å². The Hall–Kier alpha value is -0.610. The largest absolute Gasteiger partial charge is 0.396 e. The standard InChI is InChI=1S/C25H39Cl2NOS/c1-5-7-13-21(17-18-29)20(4)28(25-23(26)15-10-16-24(25)27)19(3)12-8-9-14-22(30)11-6-2/h5,7,13,15,20,22,29-30H,3,6,8-12,14,16-18H2,1-2,4H3. The van der Waals surface area contributed by atoms with Gasteiger partial charge in [0, 0.05) is 22.6 Å². The number of nitrogens with zero attached hydrogens (tertiary/aromatic N) is 1. The molecule has 0 saturated heterocycles. The van der Waals surface area contributed by atoms with Crippen LogP contribution in [0, 0.1) is 0 Å². The van der Waals surface area contributed by atoms with Crippen LogP contribution in [0.1, 0.15) is 78.6 Å². The summed E-state index contributed by atoms with van der Waals surface area (Å²) in [6.07, 6.45) is 16.9. The molecule has 0 aromatic carbocycles. The first-order valence-corrected chi connectivity index (χ1v) is 12.5. The van der Waals surface area contributed by atoms with E-state index in [4.69, 9.17) is 23.2 Å². The van der Waals surface area contributed by atoms with Gasteiger partial charge in [0.05, 0.1) is 16.8 Å². The Labute approximate surface area is 199 Å². The molecular formula is C25H39Cl2NOS. The molecule has 0 heterocycles. The summed E-state index contributed by atoms with van der Waals surface area (Å²) in [7, 11) is 0. The molecule has 2 nitrogen and oxygen atoms in total. The molecule has 0 radical (unpaired) electrons. The van der Waals surface area contributed by atoms with Gasteiger partial charge in [0.25, 0.3) is 0 Å². The fourth-order valence-corrected chi connectivity index (χ4v) is 4.90. The summed E-state index contributed by atoms with van der Waals surface area (Å²) in [6.45, 7) is 10.8. The summed E-state index contributed by atoms with van der Waals surface area (Å²) in [4.78, 5) is 2.19. The summed E-state index contributed by atoms with van der Waals surface area (Å²) in [5.74, 6) is 0. The van der Waals surface area contributed by atoms with Crippen LogP contribution in [0.15, 0.2) is 57.9 Å². The monoisotopic (exact) mass is 471 g/mol. The zero-order chi connectivity index (χ0) is 22.5. The number of thiol groups is 1. The molecule has 1 N–H and O–H groups in total. The molecule has 1 aliphatic rings. The van der Waals surface area contributed by atoms with Gasteiger partial charge in [0.1, 0.15) is 0 Å². The highest BCUT2D eigenvalue weighted by atomic mass is 35.5. The van der Waals surface area contributed by atoms with E-state index >= 15 is 0 Å². The van der Waals surface area contributed by atoms with Crippen LogP contribution in [0.3, 0.4) is 0 Å². The molecule has 0 fully saturated rings. The summed E-state index contributed by atoms with van der Waals surface area (Å²) in [5, 5.41) is 11.5. The van der Waals surface area contributed by atoms with Crippen molar-refractivity contribution < 1.29 is 5.11 Å². The van der Waals surface area contributed by atoms with E-state index in [0.29, 0.717) is 16.7 Å². The lowest BCUT2D eigenvalue weighted by atomic mass is 9.98. The lowest BCUT2D eigenvalue weighted by Crippen LogP contribution is -2.34. The smallest absolute Gasteiger partial charge is 0.0747 e. The Morgan fingerprint density at radius 2 is 2.03 bits per heavy atom. The molecule has 5 heteroatoms. The van der Waals surface area contributed by atoms with Crippen molar-refractivity contribution in [3.63, 3.8) is 0 Å². The molecule has 2 unspecified atom stereocenters. The van der Waals surface area contributed by atoms with Gasteiger partial charge in [-0.05, 0) is 64.4 Å². The topological polar surface area (TPSA) is 23.5 Å². The zero-order valence-electron chi connectivity index (χ0n) is 18.8. The molecule has 170 valence electrons. The highest BCUT2D eigenvalue weighted by Gasteiger charge is 2.27. The highest BCUT2D eigenvalue weighted by molar-refractivity contribution is 7.80. The van der Waals surface area contributed by atoms with Gasteiger partial charge in [-0.15, -0.1) is 0 Å². The summed E-state index contributed by atoms with van der Waals surface area (Å²) >= 11 is 18.0. The van der Waals surface area contributed by atoms with E-state index in [1.807, 2.05) is 25.2 Å². The van der Waals surface area contributed by atoms with Gasteiger partial charge in [-0.1, -0.05) is 73.9 Å². The van der Waals surface area contributed by atoms with Crippen molar-refractivity contribution in [1.29, 1.82) is 0 Å². The van der Waals surface area contributed by atoms with Crippen LogP contribution < -0.4 is 0 Å². The average molecular weight is 473 g/mol. The normalized spacial score (nSPS) is 17.3. The number of aliphatic hydroxyl groups is 1. The van der Waals surface area contributed by atoms with Crippen LogP contribution in [0.2, 0.25) is 0 Å². The maximum absolute atomic E-state index is 9.60. The number of hydrogen-bond acceptors (Lipinski definition) is 3. The Morgan fingerprint density at radius 1 is 1.30 bits per heavy atom. The molecule has 0 aliphatic heterocycles. The van der Waals surface area contributed by atoms with Crippen LogP contribution >= 0.6 is 35.8 Å². The molecule has 0 aromatic rings. The van der Waals surface area contributed by atoms with Crippen molar-refractivity contribution in [2.75, 3.05) is 6.61 Å². The molecular weight excluding hydrogens is 433 g/mol. The second-order valence-electron chi connectivity index (χ2n) is 7.89. The number of rotatable bonds is 14. The third-order valence-corrected chi connectivity index (χ3v) is 6.67. The molecule has 30 heavy (non-hydrogen) atoms. The minimum absolute atomic E-state index is 0.00238. The van der Waals surface area contributed by atoms with Gasteiger partial charge in [-0.25, -0.2) is 0 Å². The maximum Gasteiger partial charge on any atom is 0.0747 e. The fourth-order valence-electron chi connectivity index (χ4n) is 3.79. The lowest BCUT2D eigenvalue weighted by Gasteiger charge is -2.38. The maximum atomic E-state index is 9.60. The van der Waals surface area contributed by atoms with Crippen LogP contribution in [0.4, 0.5) is 0 Å². The Bertz CT molecular complexity index is 666. The van der Waals surface area contributed by atoms with Crippen LogP contribution in [0.25, 0.3) is 0 Å². The Morgan fingerprint density at radius 3 is 2.63 bits per heavy atom. The minimum Gasteiger partial charge on any atom is -0.396 e. The average Bonchev–Trinajstić information content (AvgIpc) is 2.71. The van der Waals surface area contributed by atoms with Crippen molar-refractivity contribution >= 4 is 35.8 Å². The first kappa shape index (κ1) is 27.4. The van der Waals surface area contributed by atoms with Crippen molar-refractivity contribution in [2.45, 2.75) is 89.9 Å². The van der Waals surface area contributed by atoms with Gasteiger partial charge in [-0.3, -0.25) is 0 Å². The number of aliphatic hydroxyl groups excluding tert-OH is 1. The van der Waals surface area contributed by atoms with Gasteiger partial charge in [0.15, 0.2) is 0 Å². The van der Waals surface area contributed by atoms with E-state index in [1.54, 1.807) is 0 Å². The van der Waals surface area contributed by atoms with E-state index in [2.05, 4.69) is 44.0 Å². The molecule has 0 saturated carbocycles. The quantitative estimate of drug-likeness (QED) is 0.152. The van der Waals surface area contributed by atoms with E-state index < -0.39 is 0 Å². The minimum atomic E-state index is 0.00238. The van der Waals surface area contributed by atoms with Crippen LogP contribution in [-0.4, -0.2) is 27.9 Å². The second-order valence-corrected chi connectivity index (χ2v) is 9.48. The summed E-state index contributed by atoms with van der Waals surface area (Å²) in [6, 6.07) is 0.00238. The molecule has 1 aliphatic carbocycles.